The maximum absolute atomic E-state index is 11.7. The van der Waals surface area contributed by atoms with Crippen LogP contribution in [0.5, 0.6) is 0 Å². The molecule has 1 aliphatic heterocycles. The largest absolute Gasteiger partial charge is 0.462 e. The minimum atomic E-state index is -0.289. The molecule has 128 valence electrons. The van der Waals surface area contributed by atoms with Crippen LogP contribution in [-0.2, 0) is 9.53 Å². The molecule has 3 heteroatoms. The van der Waals surface area contributed by atoms with Crippen LogP contribution in [0.3, 0.4) is 0 Å². The molecule has 3 rings (SSSR count). The molecule has 0 radical (unpaired) electrons. The molecule has 23 heavy (non-hydrogen) atoms. The van der Waals surface area contributed by atoms with Crippen LogP contribution in [0.15, 0.2) is 23.8 Å². The van der Waals surface area contributed by atoms with E-state index in [2.05, 4.69) is 33.4 Å². The van der Waals surface area contributed by atoms with Gasteiger partial charge in [0.15, 0.2) is 0 Å². The summed E-state index contributed by atoms with van der Waals surface area (Å²) < 4.78 is 5.04. The number of allylic oxidation sites excluding steroid dienone is 1. The molecular formula is C20H30O3. The second-order valence-electron chi connectivity index (χ2n) is 8.66. The third kappa shape index (κ3) is 2.77. The van der Waals surface area contributed by atoms with Gasteiger partial charge in [-0.3, -0.25) is 0 Å². The highest BCUT2D eigenvalue weighted by molar-refractivity contribution is 5.90. The van der Waals surface area contributed by atoms with E-state index in [0.717, 1.165) is 30.4 Å². The highest BCUT2D eigenvalue weighted by Gasteiger charge is 2.56. The average Bonchev–Trinajstić information content (AvgIpc) is 2.82. The monoisotopic (exact) mass is 318 g/mol. The van der Waals surface area contributed by atoms with Gasteiger partial charge < -0.3 is 9.84 Å². The third-order valence-electron chi connectivity index (χ3n) is 6.70. The van der Waals surface area contributed by atoms with E-state index >= 15 is 0 Å². The van der Waals surface area contributed by atoms with Gasteiger partial charge >= 0.3 is 5.97 Å². The van der Waals surface area contributed by atoms with E-state index in [0.29, 0.717) is 24.9 Å². The van der Waals surface area contributed by atoms with Crippen LogP contribution < -0.4 is 0 Å². The van der Waals surface area contributed by atoms with Crippen molar-refractivity contribution in [2.24, 2.45) is 22.7 Å². The van der Waals surface area contributed by atoms with E-state index in [4.69, 9.17) is 4.74 Å². The van der Waals surface area contributed by atoms with E-state index in [9.17, 15) is 9.90 Å². The lowest BCUT2D eigenvalue weighted by atomic mass is 9.46. The van der Waals surface area contributed by atoms with Crippen LogP contribution in [0.25, 0.3) is 0 Å². The first-order valence-corrected chi connectivity index (χ1v) is 8.97. The zero-order valence-corrected chi connectivity index (χ0v) is 14.7. The lowest BCUT2D eigenvalue weighted by Gasteiger charge is -2.59. The Morgan fingerprint density at radius 3 is 2.74 bits per heavy atom. The van der Waals surface area contributed by atoms with Crippen LogP contribution in [0.1, 0.15) is 59.3 Å². The Bertz CT molecular complexity index is 545. The molecule has 1 N–H and O–H groups in total. The molecule has 0 amide bonds. The lowest BCUT2D eigenvalue weighted by Crippen LogP contribution is -2.55. The Morgan fingerprint density at radius 1 is 1.35 bits per heavy atom. The summed E-state index contributed by atoms with van der Waals surface area (Å²) >= 11 is 0. The number of esters is 1. The van der Waals surface area contributed by atoms with Gasteiger partial charge in [-0.05, 0) is 48.3 Å². The molecule has 0 aromatic carbocycles. The van der Waals surface area contributed by atoms with Crippen LogP contribution >= 0.6 is 0 Å². The number of rotatable bonds is 2. The van der Waals surface area contributed by atoms with E-state index < -0.39 is 0 Å². The number of ether oxygens (including phenoxy) is 1. The Hall–Kier alpha value is -1.09. The Morgan fingerprint density at radius 2 is 2.09 bits per heavy atom. The van der Waals surface area contributed by atoms with E-state index in [1.54, 1.807) is 0 Å². The van der Waals surface area contributed by atoms with Crippen molar-refractivity contribution in [2.75, 3.05) is 6.61 Å². The zero-order chi connectivity index (χ0) is 16.8. The molecule has 0 aromatic rings. The maximum atomic E-state index is 11.7. The minimum absolute atomic E-state index is 0.0655. The minimum Gasteiger partial charge on any atom is -0.462 e. The van der Waals surface area contributed by atoms with Crippen molar-refractivity contribution in [3.8, 4) is 0 Å². The lowest BCUT2D eigenvalue weighted by molar-refractivity contribution is -0.135. The molecule has 3 fully saturated rings. The van der Waals surface area contributed by atoms with Gasteiger partial charge in [0, 0.05) is 12.0 Å². The van der Waals surface area contributed by atoms with Crippen molar-refractivity contribution in [2.45, 2.75) is 65.4 Å². The number of hydrogen-bond acceptors (Lipinski definition) is 3. The summed E-state index contributed by atoms with van der Waals surface area (Å²) in [6.07, 6.45) is 7.57. The molecule has 3 aliphatic rings. The number of aliphatic hydroxyl groups is 1. The molecule has 0 bridgehead atoms. The highest BCUT2D eigenvalue weighted by atomic mass is 16.5. The molecule has 2 saturated carbocycles. The topological polar surface area (TPSA) is 46.5 Å². The smallest absolute Gasteiger partial charge is 0.333 e. The second-order valence-corrected chi connectivity index (χ2v) is 8.66. The number of aliphatic hydroxyl groups excluding tert-OH is 1. The van der Waals surface area contributed by atoms with Gasteiger partial charge in [0.05, 0.1) is 12.7 Å². The molecule has 3 nitrogen and oxygen atoms in total. The number of cyclic esters (lactones) is 1. The summed E-state index contributed by atoms with van der Waals surface area (Å²) in [5, 5.41) is 10.8. The fourth-order valence-corrected chi connectivity index (χ4v) is 5.80. The maximum Gasteiger partial charge on any atom is 0.333 e. The van der Waals surface area contributed by atoms with Gasteiger partial charge in [-0.2, -0.15) is 0 Å². The van der Waals surface area contributed by atoms with Crippen LogP contribution in [0.2, 0.25) is 0 Å². The van der Waals surface area contributed by atoms with E-state index in [1.807, 2.05) is 0 Å². The van der Waals surface area contributed by atoms with Crippen molar-refractivity contribution in [3.63, 3.8) is 0 Å². The first-order chi connectivity index (χ1) is 10.8. The summed E-state index contributed by atoms with van der Waals surface area (Å²) in [6, 6.07) is 0. The van der Waals surface area contributed by atoms with Crippen molar-refractivity contribution in [3.05, 3.63) is 23.8 Å². The molecule has 1 heterocycles. The molecule has 2 aliphatic carbocycles. The van der Waals surface area contributed by atoms with Crippen molar-refractivity contribution < 1.29 is 14.6 Å². The van der Waals surface area contributed by atoms with Crippen molar-refractivity contribution in [1.82, 2.24) is 0 Å². The van der Waals surface area contributed by atoms with Crippen LogP contribution in [-0.4, -0.2) is 23.8 Å². The number of hydrogen-bond donors (Lipinski definition) is 1. The molecule has 0 spiro atoms. The fraction of sp³-hybridized carbons (Fsp3) is 0.750. The number of fused-ring (bicyclic) bond motifs is 1. The molecule has 4 atom stereocenters. The predicted octanol–water partition coefficient (Wildman–Crippen LogP) is 4.02. The quantitative estimate of drug-likeness (QED) is 0.475. The van der Waals surface area contributed by atoms with Crippen molar-refractivity contribution >= 4 is 5.97 Å². The first-order valence-electron chi connectivity index (χ1n) is 8.97. The third-order valence-corrected chi connectivity index (χ3v) is 6.70. The Kier molecular flexibility index (Phi) is 4.20. The number of carbonyl (C=O) groups excluding carboxylic acids is 1. The molecular weight excluding hydrogens is 288 g/mol. The van der Waals surface area contributed by atoms with Crippen LogP contribution in [0.4, 0.5) is 0 Å². The summed E-state index contributed by atoms with van der Waals surface area (Å²) in [6.45, 7) is 11.7. The van der Waals surface area contributed by atoms with Crippen molar-refractivity contribution in [1.29, 1.82) is 0 Å². The SMILES string of the molecule is C=C1C[C@@H](O)[C@H]2C(C)(C)CCC[C@@]2(C)C1C/C=C1\CCOC1=O. The molecule has 0 aromatic heterocycles. The van der Waals surface area contributed by atoms with Gasteiger partial charge in [-0.15, -0.1) is 0 Å². The Labute approximate surface area is 139 Å². The zero-order valence-electron chi connectivity index (χ0n) is 14.7. The van der Waals surface area contributed by atoms with Crippen LogP contribution in [0, 0.1) is 22.7 Å². The summed E-state index contributed by atoms with van der Waals surface area (Å²) in [5.41, 5.74) is 2.19. The Balaban J connectivity index is 1.89. The van der Waals surface area contributed by atoms with Gasteiger partial charge in [-0.25, -0.2) is 4.79 Å². The normalized spacial score (nSPS) is 41.7. The standard InChI is InChI=1S/C20H30O3/c1-13-12-16(21)17-19(2,3)9-5-10-20(17,4)15(13)7-6-14-8-11-23-18(14)22/h6,15-17,21H,1,5,7-12H2,2-4H3/b14-6+/t15?,16-,17+,20+/m1/s1. The summed E-state index contributed by atoms with van der Waals surface area (Å²) in [7, 11) is 0. The van der Waals surface area contributed by atoms with E-state index in [-0.39, 0.29) is 22.9 Å². The summed E-state index contributed by atoms with van der Waals surface area (Å²) in [4.78, 5) is 11.7. The second kappa shape index (κ2) is 5.77. The van der Waals surface area contributed by atoms with E-state index in [1.165, 1.54) is 12.8 Å². The number of carbonyl (C=O) groups is 1. The van der Waals surface area contributed by atoms with Gasteiger partial charge in [0.1, 0.15) is 0 Å². The van der Waals surface area contributed by atoms with Gasteiger partial charge in [0.2, 0.25) is 0 Å². The molecule has 1 saturated heterocycles. The average molecular weight is 318 g/mol. The predicted molar refractivity (Wildman–Crippen MR) is 90.8 cm³/mol. The fourth-order valence-electron chi connectivity index (χ4n) is 5.80. The highest BCUT2D eigenvalue weighted by Crippen LogP contribution is 2.61. The van der Waals surface area contributed by atoms with Gasteiger partial charge in [-0.1, -0.05) is 45.4 Å². The van der Waals surface area contributed by atoms with Gasteiger partial charge in [0.25, 0.3) is 0 Å². The molecule has 1 unspecified atom stereocenters. The summed E-state index contributed by atoms with van der Waals surface area (Å²) in [5.74, 6) is 0.488. The first kappa shape index (κ1) is 16.8.